The van der Waals surface area contributed by atoms with E-state index in [4.69, 9.17) is 69.9 Å². The first-order valence-electron chi connectivity index (χ1n) is 39.9. The Morgan fingerprint density at radius 1 is 0.457 bits per heavy atom. The van der Waals surface area contributed by atoms with Gasteiger partial charge < -0.3 is 87.7 Å². The molecule has 0 bridgehead atoms. The summed E-state index contributed by atoms with van der Waals surface area (Å²) in [4.78, 5) is 90.4. The molecule has 0 unspecified atom stereocenters. The number of carbonyl (C=O) groups is 2. The number of amides is 2. The van der Waals surface area contributed by atoms with E-state index < -0.39 is 80.9 Å². The summed E-state index contributed by atoms with van der Waals surface area (Å²) in [6.07, 6.45) is 6.81. The van der Waals surface area contributed by atoms with E-state index in [0.717, 1.165) is 55.8 Å². The van der Waals surface area contributed by atoms with Crippen LogP contribution < -0.4 is 49.8 Å². The number of nitrogens with one attached hydrogen (secondary N) is 3. The number of nitrogens with two attached hydrogens (primary N) is 2. The normalized spacial score (nSPS) is 17.8. The van der Waals surface area contributed by atoms with E-state index in [1.54, 1.807) is 58.1 Å². The molecule has 6 aromatic heterocycles. The van der Waals surface area contributed by atoms with Crippen LogP contribution in [0.1, 0.15) is 133 Å². The van der Waals surface area contributed by atoms with E-state index in [9.17, 15) is 55.1 Å². The van der Waals surface area contributed by atoms with Crippen LogP contribution in [0.15, 0.2) is 186 Å². The molecule has 7 aliphatic heterocycles. The van der Waals surface area contributed by atoms with Crippen LogP contribution in [0.25, 0.3) is 33.8 Å². The lowest BCUT2D eigenvalue weighted by Gasteiger charge is -2.32. The quantitative estimate of drug-likeness (QED) is 0.0292. The number of nitrogens with zero attached hydrogens (tertiary/aromatic N) is 7. The third kappa shape index (κ3) is 24.4. The van der Waals surface area contributed by atoms with Gasteiger partial charge in [0.05, 0.1) is 120 Å². The van der Waals surface area contributed by atoms with Gasteiger partial charge in [-0.3, -0.25) is 28.8 Å². The van der Waals surface area contributed by atoms with Crippen LogP contribution in [-0.2, 0) is 60.0 Å². The second kappa shape index (κ2) is 41.7. The van der Waals surface area contributed by atoms with Gasteiger partial charge in [0, 0.05) is 98.9 Å². The Bertz CT molecular complexity index is 5720. The number of carbonyl (C=O) groups excluding carboxylic acids is 2. The lowest BCUT2D eigenvalue weighted by Crippen LogP contribution is -2.42. The first kappa shape index (κ1) is 98.3. The average molecular weight is 2020 g/mol. The molecule has 7 aliphatic rings. The highest BCUT2D eigenvalue weighted by molar-refractivity contribution is 14.1. The number of pyridine rings is 4. The zero-order chi connectivity index (χ0) is 92.4. The molecule has 7 saturated heterocycles. The average Bonchev–Trinajstić information content (AvgIpc) is 1.48. The number of ether oxygens (including phenoxy) is 4. The van der Waals surface area contributed by atoms with Crippen molar-refractivity contribution >= 4 is 116 Å². The number of aromatic amines is 1. The summed E-state index contributed by atoms with van der Waals surface area (Å²) in [6, 6.07) is 30.4. The summed E-state index contributed by atoms with van der Waals surface area (Å²) in [5.41, 5.74) is 11.1. The van der Waals surface area contributed by atoms with E-state index in [2.05, 4.69) is 90.0 Å². The number of halogens is 10. The molecule has 2 amide bonds. The standard InChI is InChI=1S/C26H20F3N5O3.C18H12ClF3N4O.C14H20BNO4.C12H24B2O4.C8H8BrNO2.C5H4BrNO.C3H5IO/c27-16-7-4-14(5-8-16)22-23(15-6-9-21(35)34(11-15)17-12-37-13-17)32-24(25(30)33-22)26(36)31-10-18-19(28)2-1-3-20(18)29;19-16-14(9-4-6-10(20)7-5-9)26-17(23)15(25-16)18(27)24-8-11-12(21)2-1-3-13(11)22;1-13(2)14(3,4)20-15(19-13)10-5-6-12(17)16(7-10)11-8-18-9-11;1-9(2)10(3,4)16-13(15-9)14-17-11(5,6)12(7,8)18-14;9-6-1-2-8(11)10(3-6)7-4-12-5-7;6-4-1-2-5(8)7-3-4;4-3-1-5-2-3/h1-9,11,17H,10,12-13H2,(H2,30,33)(H,31,36);1-7H,8H2,(H2,23,26)(H,24,27);5-7,11H,8-9H2,1-4H3;1-8H3;1-3,7H,4-5H2;1-3H,(H,7,8);3H,1-2H2. The maximum atomic E-state index is 14.0. The lowest BCUT2D eigenvalue weighted by atomic mass is 9.49. The van der Waals surface area contributed by atoms with Gasteiger partial charge in [0.1, 0.15) is 40.6 Å². The van der Waals surface area contributed by atoms with Crippen LogP contribution in [0, 0.1) is 34.9 Å². The van der Waals surface area contributed by atoms with E-state index in [-0.39, 0.29) is 130 Å². The third-order valence-corrected chi connectivity index (χ3v) is 24.1. The minimum Gasteiger partial charge on any atom is -0.405 e. The zero-order valence-corrected chi connectivity index (χ0v) is 77.3. The lowest BCUT2D eigenvalue weighted by molar-refractivity contribution is -0.0249. The summed E-state index contributed by atoms with van der Waals surface area (Å²) >= 11 is 14.9. The van der Waals surface area contributed by atoms with Crippen molar-refractivity contribution in [3.8, 4) is 33.8 Å². The largest absolute Gasteiger partial charge is 0.496 e. The van der Waals surface area contributed by atoms with Gasteiger partial charge in [0.25, 0.3) is 28.5 Å². The molecular formula is C86H93B3Br2ClF6IN12O16. The number of H-pyrrole nitrogens is 1. The van der Waals surface area contributed by atoms with Gasteiger partial charge in [0.2, 0.25) is 5.56 Å². The van der Waals surface area contributed by atoms with Crippen LogP contribution in [0.4, 0.5) is 38.0 Å². The minimum absolute atomic E-state index is 0.0152. The summed E-state index contributed by atoms with van der Waals surface area (Å²) in [7, 11) is -1.39. The van der Waals surface area contributed by atoms with Gasteiger partial charge in [-0.25, -0.2) is 46.3 Å². The molecule has 127 heavy (non-hydrogen) atoms. The predicted octanol–water partition coefficient (Wildman–Crippen LogP) is 13.3. The minimum atomic E-state index is -0.811. The van der Waals surface area contributed by atoms with Crippen molar-refractivity contribution in [1.82, 2.24) is 49.3 Å². The van der Waals surface area contributed by atoms with Crippen molar-refractivity contribution in [1.29, 1.82) is 0 Å². The Hall–Kier alpha value is -9.27. The zero-order valence-electron chi connectivity index (χ0n) is 71.2. The maximum absolute atomic E-state index is 14.0. The highest BCUT2D eigenvalue weighted by atomic mass is 127. The number of benzene rings is 4. The maximum Gasteiger partial charge on any atom is 0.496 e. The molecule has 13 heterocycles. The van der Waals surface area contributed by atoms with Crippen molar-refractivity contribution in [2.45, 2.75) is 152 Å². The summed E-state index contributed by atoms with van der Waals surface area (Å²) < 4.78 is 145. The Balaban J connectivity index is 0.000000154. The molecule has 672 valence electrons. The van der Waals surface area contributed by atoms with E-state index in [1.807, 2.05) is 89.3 Å². The van der Waals surface area contributed by atoms with Gasteiger partial charge in [-0.05, 0) is 211 Å². The molecule has 0 atom stereocenters. The number of aromatic nitrogens is 8. The van der Waals surface area contributed by atoms with E-state index in [1.165, 1.54) is 83.4 Å². The fourth-order valence-electron chi connectivity index (χ4n) is 12.3. The molecule has 0 radical (unpaired) electrons. The van der Waals surface area contributed by atoms with Crippen molar-refractivity contribution < 1.29 is 82.8 Å². The highest BCUT2D eigenvalue weighted by Crippen LogP contribution is 2.44. The van der Waals surface area contributed by atoms with Gasteiger partial charge in [0.15, 0.2) is 28.2 Å². The molecule has 0 aliphatic carbocycles. The Morgan fingerprint density at radius 2 is 0.803 bits per heavy atom. The van der Waals surface area contributed by atoms with Gasteiger partial charge >= 0.3 is 21.1 Å². The second-order valence-electron chi connectivity index (χ2n) is 32.9. The topological polar surface area (TPSA) is 353 Å². The van der Waals surface area contributed by atoms with Crippen molar-refractivity contribution in [2.24, 2.45) is 0 Å². The SMILES string of the molecule is CC1(C)OB(B2OC(C)(C)C(C)(C)O2)OC1(C)C.CC1(C)OB(c2ccc(=O)n(C3COC3)c2)OC1(C)C.IC1COC1.Nc1nc(-c2ccc(F)cc2)c(-c2ccc(=O)n(C3COC3)c2)nc1C(=O)NCc1c(F)cccc1F.Nc1nc(-c2ccc(F)cc2)c(Cl)nc1C(=O)NCc1c(F)cccc1F.O=c1ccc(Br)c[nH]1.O=c1ccc(Br)cn1C1COC1. The molecule has 28 nitrogen and oxygen atoms in total. The highest BCUT2D eigenvalue weighted by Gasteiger charge is 2.64. The van der Waals surface area contributed by atoms with Gasteiger partial charge in [-0.15, -0.1) is 0 Å². The molecule has 0 saturated carbocycles. The molecule has 0 spiro atoms. The summed E-state index contributed by atoms with van der Waals surface area (Å²) in [5, 5.41) is 4.61. The number of hydrogen-bond donors (Lipinski definition) is 5. The van der Waals surface area contributed by atoms with Crippen LogP contribution >= 0.6 is 66.1 Å². The fraction of sp³-hybridized carbons (Fsp3) is 0.372. The molecule has 7 N–H and O–H groups in total. The van der Waals surface area contributed by atoms with Crippen molar-refractivity contribution in [3.63, 3.8) is 0 Å². The second-order valence-corrected chi connectivity index (χ2v) is 36.9. The van der Waals surface area contributed by atoms with E-state index >= 15 is 0 Å². The number of nitrogen functional groups attached to an aromatic ring is 2. The summed E-state index contributed by atoms with van der Waals surface area (Å²) in [6.45, 7) is 28.6. The number of anilines is 2. The smallest absolute Gasteiger partial charge is 0.405 e. The Kier molecular flexibility index (Phi) is 32.3. The third-order valence-electron chi connectivity index (χ3n) is 22.2. The van der Waals surface area contributed by atoms with Crippen LogP contribution in [0.5, 0.6) is 0 Å². The predicted molar refractivity (Wildman–Crippen MR) is 483 cm³/mol. The first-order valence-corrected chi connectivity index (χ1v) is 43.2. The molecule has 41 heteroatoms. The molecule has 7 fully saturated rings. The number of alkyl halides is 1. The monoisotopic (exact) mass is 2020 g/mol. The van der Waals surface area contributed by atoms with Crippen molar-refractivity contribution in [2.75, 3.05) is 64.3 Å². The molecular weight excluding hydrogens is 1930 g/mol. The molecule has 17 rings (SSSR count). The Morgan fingerprint density at radius 3 is 1.19 bits per heavy atom. The molecule has 10 aromatic rings. The van der Waals surface area contributed by atoms with Crippen LogP contribution in [0.2, 0.25) is 5.15 Å². The van der Waals surface area contributed by atoms with Crippen LogP contribution in [0.3, 0.4) is 0 Å². The first-order chi connectivity index (χ1) is 59.8. The molecule has 4 aromatic carbocycles. The van der Waals surface area contributed by atoms with Crippen LogP contribution in [-0.4, -0.2) is 162 Å². The van der Waals surface area contributed by atoms with E-state index in [0.29, 0.717) is 56.3 Å². The fourth-order valence-corrected chi connectivity index (χ4v) is 13.6. The Labute approximate surface area is 764 Å². The van der Waals surface area contributed by atoms with Crippen molar-refractivity contribution in [3.05, 3.63) is 271 Å². The van der Waals surface area contributed by atoms with Gasteiger partial charge in [-0.2, -0.15) is 0 Å². The summed E-state index contributed by atoms with van der Waals surface area (Å²) in [5.74, 6) is -6.18. The number of rotatable bonds is 14. The van der Waals surface area contributed by atoms with Gasteiger partial charge in [-0.1, -0.05) is 52.4 Å². The number of hydrogen-bond acceptors (Lipinski definition) is 22.